The zero-order valence-electron chi connectivity index (χ0n) is 11.0. The summed E-state index contributed by atoms with van der Waals surface area (Å²) in [6.07, 6.45) is 15.4. The summed E-state index contributed by atoms with van der Waals surface area (Å²) in [6, 6.07) is 0. The Kier molecular flexibility index (Phi) is 2.97. The van der Waals surface area contributed by atoms with Gasteiger partial charge < -0.3 is 4.57 Å². The first-order valence-electron chi connectivity index (χ1n) is 7.27. The first-order chi connectivity index (χ1) is 8.27. The number of aromatic nitrogens is 2. The molecule has 2 heteroatoms. The normalized spacial score (nSPS) is 24.5. The van der Waals surface area contributed by atoms with Crippen LogP contribution in [0, 0.1) is 5.41 Å². The van der Waals surface area contributed by atoms with Crippen LogP contribution in [0.2, 0.25) is 0 Å². The van der Waals surface area contributed by atoms with Gasteiger partial charge in [0.1, 0.15) is 0 Å². The third-order valence-electron chi connectivity index (χ3n) is 4.60. The Hall–Kier alpha value is -0.790. The first-order valence-corrected chi connectivity index (χ1v) is 7.27. The van der Waals surface area contributed by atoms with E-state index in [4.69, 9.17) is 0 Å². The molecule has 0 amide bonds. The smallest absolute Gasteiger partial charge is 0.0948 e. The fraction of sp³-hybridized carbons (Fsp3) is 0.800. The summed E-state index contributed by atoms with van der Waals surface area (Å²) in [5, 5.41) is 0. The SMILES string of the molecule is CC1(Cn2cncc2C2CC2)CCCCCC1. The van der Waals surface area contributed by atoms with E-state index in [2.05, 4.69) is 29.0 Å². The predicted octanol–water partition coefficient (Wildman–Crippen LogP) is 4.12. The Bertz CT molecular complexity index is 368. The van der Waals surface area contributed by atoms with Crippen LogP contribution in [0.15, 0.2) is 12.5 Å². The molecule has 2 nitrogen and oxygen atoms in total. The minimum Gasteiger partial charge on any atom is -0.334 e. The van der Waals surface area contributed by atoms with Crippen molar-refractivity contribution in [3.8, 4) is 0 Å². The number of imidazole rings is 1. The summed E-state index contributed by atoms with van der Waals surface area (Å²) in [6.45, 7) is 3.67. The molecule has 1 aromatic rings. The average molecular weight is 232 g/mol. The molecule has 1 heterocycles. The Balaban J connectivity index is 1.73. The van der Waals surface area contributed by atoms with Crippen molar-refractivity contribution in [3.05, 3.63) is 18.2 Å². The van der Waals surface area contributed by atoms with Crippen molar-refractivity contribution in [2.45, 2.75) is 70.8 Å². The molecule has 2 saturated carbocycles. The van der Waals surface area contributed by atoms with Crippen molar-refractivity contribution in [1.29, 1.82) is 0 Å². The predicted molar refractivity (Wildman–Crippen MR) is 70.0 cm³/mol. The summed E-state index contributed by atoms with van der Waals surface area (Å²) in [5.74, 6) is 0.826. The maximum absolute atomic E-state index is 4.37. The van der Waals surface area contributed by atoms with Gasteiger partial charge >= 0.3 is 0 Å². The standard InChI is InChI=1S/C15H24N2/c1-15(8-4-2-3-5-9-15)11-17-12-16-10-14(17)13-6-7-13/h10,12-13H,2-9,11H2,1H3. The molecular weight excluding hydrogens is 208 g/mol. The van der Waals surface area contributed by atoms with Crippen LogP contribution in [0.25, 0.3) is 0 Å². The summed E-state index contributed by atoms with van der Waals surface area (Å²) in [5.41, 5.74) is 2.01. The molecule has 0 N–H and O–H groups in total. The van der Waals surface area contributed by atoms with Crippen molar-refractivity contribution in [2.24, 2.45) is 5.41 Å². The molecule has 17 heavy (non-hydrogen) atoms. The molecular formula is C15H24N2. The second-order valence-electron chi connectivity index (χ2n) is 6.45. The molecule has 2 aliphatic carbocycles. The fourth-order valence-corrected chi connectivity index (χ4v) is 3.33. The molecule has 0 radical (unpaired) electrons. The van der Waals surface area contributed by atoms with Gasteiger partial charge in [-0.25, -0.2) is 4.98 Å². The Morgan fingerprint density at radius 1 is 1.24 bits per heavy atom. The molecule has 2 fully saturated rings. The molecule has 0 aromatic carbocycles. The third kappa shape index (κ3) is 2.56. The maximum atomic E-state index is 4.37. The molecule has 0 atom stereocenters. The van der Waals surface area contributed by atoms with E-state index in [0.29, 0.717) is 5.41 Å². The second kappa shape index (κ2) is 4.47. The van der Waals surface area contributed by atoms with Crippen molar-refractivity contribution in [1.82, 2.24) is 9.55 Å². The summed E-state index contributed by atoms with van der Waals surface area (Å²) in [7, 11) is 0. The van der Waals surface area contributed by atoms with Gasteiger partial charge in [0.25, 0.3) is 0 Å². The largest absolute Gasteiger partial charge is 0.334 e. The van der Waals surface area contributed by atoms with Gasteiger partial charge in [0.15, 0.2) is 0 Å². The molecule has 0 bridgehead atoms. The van der Waals surface area contributed by atoms with Crippen LogP contribution in [0.4, 0.5) is 0 Å². The van der Waals surface area contributed by atoms with E-state index in [9.17, 15) is 0 Å². The van der Waals surface area contributed by atoms with Crippen molar-refractivity contribution >= 4 is 0 Å². The molecule has 0 spiro atoms. The number of hydrogen-bond acceptors (Lipinski definition) is 1. The van der Waals surface area contributed by atoms with E-state index in [1.807, 2.05) is 0 Å². The zero-order chi connectivity index (χ0) is 11.7. The molecule has 0 unspecified atom stereocenters. The molecule has 2 aliphatic rings. The van der Waals surface area contributed by atoms with Gasteiger partial charge in [0, 0.05) is 24.4 Å². The molecule has 1 aromatic heterocycles. The maximum Gasteiger partial charge on any atom is 0.0948 e. The second-order valence-corrected chi connectivity index (χ2v) is 6.45. The van der Waals surface area contributed by atoms with Crippen LogP contribution in [0.5, 0.6) is 0 Å². The van der Waals surface area contributed by atoms with Gasteiger partial charge in [-0.1, -0.05) is 32.6 Å². The number of rotatable bonds is 3. The quantitative estimate of drug-likeness (QED) is 0.717. The Morgan fingerprint density at radius 3 is 2.59 bits per heavy atom. The van der Waals surface area contributed by atoms with Gasteiger partial charge in [0.05, 0.1) is 6.33 Å². The van der Waals surface area contributed by atoms with E-state index in [1.54, 1.807) is 0 Å². The van der Waals surface area contributed by atoms with Gasteiger partial charge in [-0.3, -0.25) is 0 Å². The third-order valence-corrected chi connectivity index (χ3v) is 4.60. The van der Waals surface area contributed by atoms with Crippen molar-refractivity contribution < 1.29 is 0 Å². The van der Waals surface area contributed by atoms with Crippen LogP contribution in [-0.4, -0.2) is 9.55 Å². The van der Waals surface area contributed by atoms with Crippen LogP contribution >= 0.6 is 0 Å². The van der Waals surface area contributed by atoms with Gasteiger partial charge in [-0.05, 0) is 31.1 Å². The van der Waals surface area contributed by atoms with E-state index in [0.717, 1.165) is 5.92 Å². The monoisotopic (exact) mass is 232 g/mol. The van der Waals surface area contributed by atoms with E-state index >= 15 is 0 Å². The lowest BCUT2D eigenvalue weighted by atomic mass is 9.82. The highest BCUT2D eigenvalue weighted by Crippen LogP contribution is 2.42. The fourth-order valence-electron chi connectivity index (χ4n) is 3.33. The topological polar surface area (TPSA) is 17.8 Å². The lowest BCUT2D eigenvalue weighted by Crippen LogP contribution is -2.23. The highest BCUT2D eigenvalue weighted by molar-refractivity contribution is 5.13. The summed E-state index contributed by atoms with van der Waals surface area (Å²) in [4.78, 5) is 4.37. The van der Waals surface area contributed by atoms with E-state index < -0.39 is 0 Å². The minimum atomic E-state index is 0.515. The highest BCUT2D eigenvalue weighted by Gasteiger charge is 2.30. The lowest BCUT2D eigenvalue weighted by Gasteiger charge is -2.29. The molecule has 94 valence electrons. The van der Waals surface area contributed by atoms with Gasteiger partial charge in [0.2, 0.25) is 0 Å². The summed E-state index contributed by atoms with van der Waals surface area (Å²) < 4.78 is 2.45. The van der Waals surface area contributed by atoms with Gasteiger partial charge in [-0.2, -0.15) is 0 Å². The number of hydrogen-bond donors (Lipinski definition) is 0. The van der Waals surface area contributed by atoms with Crippen LogP contribution < -0.4 is 0 Å². The van der Waals surface area contributed by atoms with Crippen molar-refractivity contribution in [3.63, 3.8) is 0 Å². The molecule has 0 saturated heterocycles. The minimum absolute atomic E-state index is 0.515. The Labute approximate surface area is 104 Å². The van der Waals surface area contributed by atoms with Crippen LogP contribution in [-0.2, 0) is 6.54 Å². The first kappa shape index (κ1) is 11.3. The number of nitrogens with zero attached hydrogens (tertiary/aromatic N) is 2. The van der Waals surface area contributed by atoms with E-state index in [1.165, 1.54) is 63.6 Å². The Morgan fingerprint density at radius 2 is 1.94 bits per heavy atom. The van der Waals surface area contributed by atoms with Crippen LogP contribution in [0.3, 0.4) is 0 Å². The van der Waals surface area contributed by atoms with Crippen LogP contribution in [0.1, 0.15) is 69.9 Å². The molecule has 3 rings (SSSR count). The lowest BCUT2D eigenvalue weighted by molar-refractivity contribution is 0.230. The van der Waals surface area contributed by atoms with Gasteiger partial charge in [-0.15, -0.1) is 0 Å². The zero-order valence-corrected chi connectivity index (χ0v) is 11.0. The van der Waals surface area contributed by atoms with Crippen molar-refractivity contribution in [2.75, 3.05) is 0 Å². The highest BCUT2D eigenvalue weighted by atomic mass is 15.1. The molecule has 0 aliphatic heterocycles. The average Bonchev–Trinajstić information content (AvgIpc) is 3.08. The van der Waals surface area contributed by atoms with E-state index in [-0.39, 0.29) is 0 Å². The summed E-state index contributed by atoms with van der Waals surface area (Å²) >= 11 is 0.